The Morgan fingerprint density at radius 2 is 1.56 bits per heavy atom. The van der Waals surface area contributed by atoms with Crippen molar-refractivity contribution in [1.82, 2.24) is 0 Å². The van der Waals surface area contributed by atoms with E-state index in [9.17, 15) is 34.7 Å². The first-order chi connectivity index (χ1) is 16.0. The lowest BCUT2D eigenvalue weighted by molar-refractivity contribution is -0.282. The topological polar surface area (TPSA) is 190 Å². The molecule has 14 heteroatoms. The molecule has 0 bridgehead atoms. The van der Waals surface area contributed by atoms with Crippen LogP contribution in [0.5, 0.6) is 5.75 Å². The van der Waals surface area contributed by atoms with Crippen LogP contribution in [0.4, 0.5) is 5.69 Å². The number of carbonyl (C=O) groups is 4. The number of hydrogen-bond donors (Lipinski definition) is 2. The molecule has 1 fully saturated rings. The molecular weight excluding hydrogens is 462 g/mol. The lowest BCUT2D eigenvalue weighted by Gasteiger charge is -2.43. The molecule has 1 aromatic rings. The summed E-state index contributed by atoms with van der Waals surface area (Å²) in [6.07, 6.45) is -8.21. The van der Waals surface area contributed by atoms with Gasteiger partial charge < -0.3 is 44.0 Å². The number of hydrogen-bond acceptors (Lipinski definition) is 14. The fourth-order valence-corrected chi connectivity index (χ4v) is 3.21. The van der Waals surface area contributed by atoms with Crippen LogP contribution in [0.1, 0.15) is 26.3 Å². The van der Waals surface area contributed by atoms with Gasteiger partial charge in [-0.05, 0) is 17.7 Å². The van der Waals surface area contributed by atoms with Crippen molar-refractivity contribution in [3.63, 3.8) is 0 Å². The molecule has 34 heavy (non-hydrogen) atoms. The van der Waals surface area contributed by atoms with Gasteiger partial charge in [-0.25, -0.2) is 4.79 Å². The Hall–Kier alpha value is -3.46. The van der Waals surface area contributed by atoms with Crippen molar-refractivity contribution in [2.45, 2.75) is 58.1 Å². The van der Waals surface area contributed by atoms with E-state index in [4.69, 9.17) is 23.7 Å². The van der Waals surface area contributed by atoms with E-state index >= 15 is 0 Å². The maximum Gasteiger partial charge on any atom is 0.339 e. The Labute approximate surface area is 193 Å². The third kappa shape index (κ3) is 6.54. The summed E-state index contributed by atoms with van der Waals surface area (Å²) in [5, 5.41) is 29.8. The van der Waals surface area contributed by atoms with Crippen LogP contribution in [0.25, 0.3) is 0 Å². The van der Waals surface area contributed by atoms with E-state index in [-0.39, 0.29) is 11.3 Å². The first-order valence-electron chi connectivity index (χ1n) is 9.80. The van der Waals surface area contributed by atoms with Gasteiger partial charge in [-0.1, -0.05) is 6.07 Å². The Bertz CT molecular complexity index is 918. The van der Waals surface area contributed by atoms with E-state index in [1.54, 1.807) is 0 Å². The highest BCUT2D eigenvalue weighted by molar-refractivity contribution is 5.77. The van der Waals surface area contributed by atoms with Gasteiger partial charge in [0.15, 0.2) is 18.3 Å². The number of esters is 4. The minimum atomic E-state index is -1.72. The molecule has 188 valence electrons. The van der Waals surface area contributed by atoms with Crippen LogP contribution in [0.3, 0.4) is 0 Å². The quantitative estimate of drug-likeness (QED) is 0.282. The molecule has 1 aliphatic heterocycles. The zero-order valence-corrected chi connectivity index (χ0v) is 18.7. The number of anilines is 1. The van der Waals surface area contributed by atoms with Crippen molar-refractivity contribution < 1.29 is 57.9 Å². The number of nitrogens with zero attached hydrogens (tertiary/aromatic N) is 1. The van der Waals surface area contributed by atoms with E-state index in [1.807, 2.05) is 0 Å². The molecule has 5 atom stereocenters. The predicted octanol–water partition coefficient (Wildman–Crippen LogP) is -0.0559. The predicted molar refractivity (Wildman–Crippen MR) is 108 cm³/mol. The number of rotatable bonds is 8. The van der Waals surface area contributed by atoms with Crippen LogP contribution in [0.2, 0.25) is 0 Å². The maximum absolute atomic E-state index is 12.4. The summed E-state index contributed by atoms with van der Waals surface area (Å²) in [4.78, 5) is 47.7. The standard InChI is InChI=1S/C20H24NO13/c1-9(23)30-15-16(31-10(2)24)18(32-11(3)25)20(34-17(15)19(26)29-4)33-14-6-5-12(8-22)7-13(14)21(27)28/h5-7,15-18,20,22,27H,8H2,1-4H3/q-1/t15-,16-,17-,18+,20+/m0/s1. The molecule has 0 radical (unpaired) electrons. The first-order valence-corrected chi connectivity index (χ1v) is 9.80. The summed E-state index contributed by atoms with van der Waals surface area (Å²) in [5.41, 5.74) is -0.212. The van der Waals surface area contributed by atoms with Crippen molar-refractivity contribution >= 4 is 29.6 Å². The van der Waals surface area contributed by atoms with Gasteiger partial charge in [0.25, 0.3) is 0 Å². The minimum Gasteiger partial charge on any atom is -0.733 e. The minimum absolute atomic E-state index is 0.249. The molecule has 0 spiro atoms. The van der Waals surface area contributed by atoms with E-state index in [1.165, 1.54) is 12.1 Å². The van der Waals surface area contributed by atoms with Gasteiger partial charge in [0.2, 0.25) is 12.4 Å². The van der Waals surface area contributed by atoms with Crippen molar-refractivity contribution in [2.24, 2.45) is 0 Å². The normalized spacial score (nSPS) is 23.9. The molecule has 0 unspecified atom stereocenters. The van der Waals surface area contributed by atoms with Gasteiger partial charge >= 0.3 is 23.9 Å². The molecule has 2 N–H and O–H groups in total. The van der Waals surface area contributed by atoms with E-state index in [2.05, 4.69) is 4.74 Å². The lowest BCUT2D eigenvalue weighted by atomic mass is 9.97. The first kappa shape index (κ1) is 26.8. The van der Waals surface area contributed by atoms with Crippen LogP contribution < -0.4 is 9.96 Å². The number of carbonyl (C=O) groups excluding carboxylic acids is 4. The summed E-state index contributed by atoms with van der Waals surface area (Å²) in [5.74, 6) is -3.97. The second-order valence-corrected chi connectivity index (χ2v) is 7.02. The molecule has 0 saturated carbocycles. The SMILES string of the molecule is COC(=O)[C@H]1O[C@@H](Oc2ccc(CO)cc2N([O-])O)[C@H](OC(C)=O)[C@@H](OC(C)=O)[C@@H]1OC(C)=O. The van der Waals surface area contributed by atoms with Gasteiger partial charge in [-0.2, -0.15) is 0 Å². The smallest absolute Gasteiger partial charge is 0.339 e. The van der Waals surface area contributed by atoms with Gasteiger partial charge in [-0.15, -0.1) is 0 Å². The van der Waals surface area contributed by atoms with Crippen molar-refractivity contribution in [2.75, 3.05) is 12.3 Å². The molecular formula is C20H24NO13-. The number of aliphatic hydroxyl groups excluding tert-OH is 1. The summed E-state index contributed by atoms with van der Waals surface area (Å²) in [6, 6.07) is 3.66. The van der Waals surface area contributed by atoms with Crippen molar-refractivity contribution in [3.8, 4) is 5.75 Å². The summed E-state index contributed by atoms with van der Waals surface area (Å²) in [6.45, 7) is 2.63. The van der Waals surface area contributed by atoms with Crippen LogP contribution in [0, 0.1) is 5.21 Å². The van der Waals surface area contributed by atoms with Gasteiger partial charge in [0, 0.05) is 20.8 Å². The molecule has 0 aliphatic carbocycles. The average Bonchev–Trinajstić information content (AvgIpc) is 2.76. The molecule has 0 aromatic heterocycles. The van der Waals surface area contributed by atoms with Gasteiger partial charge in [0.05, 0.1) is 19.4 Å². The average molecular weight is 486 g/mol. The maximum atomic E-state index is 12.4. The molecule has 1 heterocycles. The summed E-state index contributed by atoms with van der Waals surface area (Å²) >= 11 is 0. The molecule has 2 rings (SSSR count). The molecule has 1 saturated heterocycles. The summed E-state index contributed by atoms with van der Waals surface area (Å²) < 4.78 is 31.4. The Kier molecular flexibility index (Phi) is 9.14. The van der Waals surface area contributed by atoms with Crippen LogP contribution in [-0.2, 0) is 49.5 Å². The Morgan fingerprint density at radius 1 is 1.00 bits per heavy atom. The van der Waals surface area contributed by atoms with Crippen molar-refractivity contribution in [1.29, 1.82) is 0 Å². The Morgan fingerprint density at radius 3 is 2.06 bits per heavy atom. The second kappa shape index (κ2) is 11.6. The fraction of sp³-hybridized carbons (Fsp3) is 0.500. The third-order valence-electron chi connectivity index (χ3n) is 4.49. The number of ether oxygens (including phenoxy) is 6. The van der Waals surface area contributed by atoms with Gasteiger partial charge in [-0.3, -0.25) is 19.6 Å². The largest absolute Gasteiger partial charge is 0.733 e. The number of aliphatic hydroxyl groups is 1. The number of methoxy groups -OCH3 is 1. The molecule has 1 aliphatic rings. The summed E-state index contributed by atoms with van der Waals surface area (Å²) in [7, 11) is 1.03. The highest BCUT2D eigenvalue weighted by Crippen LogP contribution is 2.35. The zero-order chi connectivity index (χ0) is 25.6. The van der Waals surface area contributed by atoms with Gasteiger partial charge in [0.1, 0.15) is 5.75 Å². The van der Waals surface area contributed by atoms with E-state index in [0.717, 1.165) is 33.9 Å². The van der Waals surface area contributed by atoms with Crippen LogP contribution in [0.15, 0.2) is 18.2 Å². The van der Waals surface area contributed by atoms with Crippen molar-refractivity contribution in [3.05, 3.63) is 29.0 Å². The fourth-order valence-electron chi connectivity index (χ4n) is 3.21. The molecule has 14 nitrogen and oxygen atoms in total. The number of benzene rings is 1. The monoisotopic (exact) mass is 486 g/mol. The van der Waals surface area contributed by atoms with Crippen LogP contribution in [-0.4, -0.2) is 72.0 Å². The Balaban J connectivity index is 2.57. The zero-order valence-electron chi connectivity index (χ0n) is 18.7. The van der Waals surface area contributed by atoms with E-state index in [0.29, 0.717) is 0 Å². The third-order valence-corrected chi connectivity index (χ3v) is 4.49. The lowest BCUT2D eigenvalue weighted by Crippen LogP contribution is -2.64. The highest BCUT2D eigenvalue weighted by Gasteiger charge is 2.56. The molecule has 0 amide bonds. The molecule has 1 aromatic carbocycles. The second-order valence-electron chi connectivity index (χ2n) is 7.02. The highest BCUT2D eigenvalue weighted by atomic mass is 16.8. The van der Waals surface area contributed by atoms with E-state index < -0.39 is 72.1 Å². The van der Waals surface area contributed by atoms with Crippen LogP contribution >= 0.6 is 0 Å².